The van der Waals surface area contributed by atoms with E-state index in [1.807, 2.05) is 19.1 Å². The molecule has 0 radical (unpaired) electrons. The Kier molecular flexibility index (Phi) is 2.35. The molecule has 1 heterocycles. The fraction of sp³-hybridized carbons (Fsp3) is 0.429. The average molecular weight is 159 g/mol. The number of H-pyrrole nitrogens is 1. The van der Waals surface area contributed by atoms with Gasteiger partial charge in [-0.1, -0.05) is 18.5 Å². The van der Waals surface area contributed by atoms with Crippen LogP contribution in [0.4, 0.5) is 0 Å². The molecule has 0 aliphatic carbocycles. The predicted octanol–water partition coefficient (Wildman–Crippen LogP) is 2.08. The van der Waals surface area contributed by atoms with Crippen LogP contribution in [-0.2, 0) is 0 Å². The summed E-state index contributed by atoms with van der Waals surface area (Å²) in [5.41, 5.74) is 6.72. The summed E-state index contributed by atoms with van der Waals surface area (Å²) in [5.74, 6) is 0. The molecule has 0 saturated heterocycles. The van der Waals surface area contributed by atoms with Crippen LogP contribution in [0, 0.1) is 0 Å². The molecule has 0 saturated carbocycles. The number of hydrogen-bond acceptors (Lipinski definition) is 1. The van der Waals surface area contributed by atoms with Crippen molar-refractivity contribution in [3.63, 3.8) is 0 Å². The van der Waals surface area contributed by atoms with E-state index in [4.69, 9.17) is 17.3 Å². The normalized spacial score (nSPS) is 13.5. The van der Waals surface area contributed by atoms with Gasteiger partial charge in [0.2, 0.25) is 0 Å². The standard InChI is InChI=1S/C7H11ClN2/c1-2-5(9)6-3-4-7(8)10-6/h3-5,10H,2,9H2,1H3/t5-/m0/s1. The molecule has 0 fully saturated rings. The van der Waals surface area contributed by atoms with Crippen molar-refractivity contribution >= 4 is 11.6 Å². The molecule has 3 N–H and O–H groups in total. The molecular weight excluding hydrogens is 148 g/mol. The number of rotatable bonds is 2. The lowest BCUT2D eigenvalue weighted by atomic mass is 10.2. The van der Waals surface area contributed by atoms with Crippen LogP contribution in [0.3, 0.4) is 0 Å². The molecule has 2 nitrogen and oxygen atoms in total. The zero-order chi connectivity index (χ0) is 7.56. The maximum Gasteiger partial charge on any atom is 0.106 e. The summed E-state index contributed by atoms with van der Waals surface area (Å²) in [5, 5.41) is 0.652. The molecule has 10 heavy (non-hydrogen) atoms. The minimum Gasteiger partial charge on any atom is -0.348 e. The number of halogens is 1. The zero-order valence-corrected chi connectivity index (χ0v) is 6.65. The van der Waals surface area contributed by atoms with Crippen LogP contribution in [0.25, 0.3) is 0 Å². The van der Waals surface area contributed by atoms with Crippen LogP contribution in [0.1, 0.15) is 25.1 Å². The van der Waals surface area contributed by atoms with Gasteiger partial charge in [0, 0.05) is 11.7 Å². The van der Waals surface area contributed by atoms with Crippen molar-refractivity contribution in [2.45, 2.75) is 19.4 Å². The van der Waals surface area contributed by atoms with E-state index in [-0.39, 0.29) is 6.04 Å². The molecule has 56 valence electrons. The van der Waals surface area contributed by atoms with Crippen LogP contribution in [0.2, 0.25) is 5.15 Å². The third kappa shape index (κ3) is 1.52. The van der Waals surface area contributed by atoms with Gasteiger partial charge in [0.25, 0.3) is 0 Å². The van der Waals surface area contributed by atoms with Crippen molar-refractivity contribution < 1.29 is 0 Å². The molecule has 1 aromatic rings. The van der Waals surface area contributed by atoms with Gasteiger partial charge in [-0.05, 0) is 18.6 Å². The Labute approximate surface area is 65.4 Å². The molecule has 0 aromatic carbocycles. The molecule has 0 amide bonds. The van der Waals surface area contributed by atoms with Gasteiger partial charge >= 0.3 is 0 Å². The Bertz CT molecular complexity index is 207. The van der Waals surface area contributed by atoms with Crippen LogP contribution >= 0.6 is 11.6 Å². The lowest BCUT2D eigenvalue weighted by molar-refractivity contribution is 0.680. The SMILES string of the molecule is CC[C@H](N)c1ccc(Cl)[nH]1. The summed E-state index contributed by atoms with van der Waals surface area (Å²) in [6.07, 6.45) is 0.927. The van der Waals surface area contributed by atoms with Crippen LogP contribution in [0.5, 0.6) is 0 Å². The second-order valence-corrected chi connectivity index (χ2v) is 2.68. The zero-order valence-electron chi connectivity index (χ0n) is 5.89. The first-order chi connectivity index (χ1) is 4.74. The lowest BCUT2D eigenvalue weighted by Gasteiger charge is -2.03. The summed E-state index contributed by atoms with van der Waals surface area (Å²) in [7, 11) is 0. The Hall–Kier alpha value is -0.470. The van der Waals surface area contributed by atoms with Crippen molar-refractivity contribution in [3.8, 4) is 0 Å². The fourth-order valence-electron chi connectivity index (χ4n) is 0.820. The first kappa shape index (κ1) is 7.63. The van der Waals surface area contributed by atoms with Crippen molar-refractivity contribution in [2.75, 3.05) is 0 Å². The molecule has 1 atom stereocenters. The van der Waals surface area contributed by atoms with Gasteiger partial charge < -0.3 is 10.7 Å². The molecule has 1 rings (SSSR count). The predicted molar refractivity (Wildman–Crippen MR) is 43.0 cm³/mol. The van der Waals surface area contributed by atoms with Crippen LogP contribution in [-0.4, -0.2) is 4.98 Å². The third-order valence-corrected chi connectivity index (χ3v) is 1.73. The molecule has 0 aliphatic rings. The third-order valence-electron chi connectivity index (χ3n) is 1.51. The topological polar surface area (TPSA) is 41.8 Å². The van der Waals surface area contributed by atoms with Gasteiger partial charge in [-0.15, -0.1) is 0 Å². The monoisotopic (exact) mass is 158 g/mol. The second kappa shape index (κ2) is 3.08. The number of hydrogen-bond donors (Lipinski definition) is 2. The second-order valence-electron chi connectivity index (χ2n) is 2.28. The maximum absolute atomic E-state index is 5.72. The molecule has 3 heteroatoms. The highest BCUT2D eigenvalue weighted by molar-refractivity contribution is 6.29. The molecule has 0 bridgehead atoms. The van der Waals surface area contributed by atoms with Gasteiger partial charge in [-0.2, -0.15) is 0 Å². The van der Waals surface area contributed by atoms with Crippen LogP contribution in [0.15, 0.2) is 12.1 Å². The Morgan fingerprint density at radius 2 is 2.40 bits per heavy atom. The maximum atomic E-state index is 5.72. The number of aromatic nitrogens is 1. The van der Waals surface area contributed by atoms with E-state index in [1.165, 1.54) is 0 Å². The molecule has 1 aromatic heterocycles. The van der Waals surface area contributed by atoms with E-state index in [2.05, 4.69) is 4.98 Å². The highest BCUT2D eigenvalue weighted by Crippen LogP contribution is 2.15. The summed E-state index contributed by atoms with van der Waals surface area (Å²) in [6, 6.07) is 3.82. The van der Waals surface area contributed by atoms with Crippen molar-refractivity contribution in [1.29, 1.82) is 0 Å². The van der Waals surface area contributed by atoms with Crippen molar-refractivity contribution in [2.24, 2.45) is 5.73 Å². The Morgan fingerprint density at radius 3 is 2.80 bits per heavy atom. The highest BCUT2D eigenvalue weighted by atomic mass is 35.5. The molecule has 0 aliphatic heterocycles. The van der Waals surface area contributed by atoms with Gasteiger partial charge in [-0.25, -0.2) is 0 Å². The average Bonchev–Trinajstić information content (AvgIpc) is 2.34. The quantitative estimate of drug-likeness (QED) is 0.680. The minimum absolute atomic E-state index is 0.0903. The summed E-state index contributed by atoms with van der Waals surface area (Å²) in [4.78, 5) is 2.97. The van der Waals surface area contributed by atoms with Crippen LogP contribution < -0.4 is 5.73 Å². The molecular formula is C7H11ClN2. The summed E-state index contributed by atoms with van der Waals surface area (Å²) in [6.45, 7) is 2.04. The Balaban J connectivity index is 2.74. The molecule has 0 unspecified atom stereocenters. The number of aromatic amines is 1. The smallest absolute Gasteiger partial charge is 0.106 e. The van der Waals surface area contributed by atoms with E-state index in [9.17, 15) is 0 Å². The fourth-order valence-corrected chi connectivity index (χ4v) is 0.992. The summed E-state index contributed by atoms with van der Waals surface area (Å²) >= 11 is 5.65. The Morgan fingerprint density at radius 1 is 1.70 bits per heavy atom. The summed E-state index contributed by atoms with van der Waals surface area (Å²) < 4.78 is 0. The van der Waals surface area contributed by atoms with E-state index in [0.29, 0.717) is 5.15 Å². The van der Waals surface area contributed by atoms with Gasteiger partial charge in [-0.3, -0.25) is 0 Å². The van der Waals surface area contributed by atoms with Gasteiger partial charge in [0.1, 0.15) is 5.15 Å². The van der Waals surface area contributed by atoms with E-state index in [1.54, 1.807) is 0 Å². The van der Waals surface area contributed by atoms with E-state index < -0.39 is 0 Å². The first-order valence-electron chi connectivity index (χ1n) is 3.34. The molecule has 0 spiro atoms. The minimum atomic E-state index is 0.0903. The number of nitrogens with two attached hydrogens (primary N) is 1. The van der Waals surface area contributed by atoms with Gasteiger partial charge in [0.05, 0.1) is 0 Å². The number of nitrogens with one attached hydrogen (secondary N) is 1. The van der Waals surface area contributed by atoms with Gasteiger partial charge in [0.15, 0.2) is 0 Å². The van der Waals surface area contributed by atoms with E-state index in [0.717, 1.165) is 12.1 Å². The lowest BCUT2D eigenvalue weighted by Crippen LogP contribution is -2.08. The first-order valence-corrected chi connectivity index (χ1v) is 3.71. The largest absolute Gasteiger partial charge is 0.348 e. The van der Waals surface area contributed by atoms with E-state index >= 15 is 0 Å². The van der Waals surface area contributed by atoms with Crippen molar-refractivity contribution in [1.82, 2.24) is 4.98 Å². The highest BCUT2D eigenvalue weighted by Gasteiger charge is 2.03. The van der Waals surface area contributed by atoms with Crippen molar-refractivity contribution in [3.05, 3.63) is 23.0 Å².